The van der Waals surface area contributed by atoms with Crippen molar-refractivity contribution >= 4 is 5.78 Å². The Balaban J connectivity index is 1.97. The molecule has 10 heavy (non-hydrogen) atoms. The number of carbonyl (C=O) groups excluding carboxylic acids is 1. The number of ketones is 1. The van der Waals surface area contributed by atoms with E-state index in [0.29, 0.717) is 11.7 Å². The van der Waals surface area contributed by atoms with Crippen LogP contribution in [0.15, 0.2) is 0 Å². The lowest BCUT2D eigenvalue weighted by atomic mass is 9.95. The van der Waals surface area contributed by atoms with Gasteiger partial charge in [-0.05, 0) is 43.4 Å². The number of hydrogen-bond acceptors (Lipinski definition) is 1. The monoisotopic (exact) mass is 136 g/mol. The zero-order valence-electron chi connectivity index (χ0n) is 6.21. The zero-order valence-corrected chi connectivity index (χ0v) is 6.21. The Labute approximate surface area is 60.8 Å². The Morgan fingerprint density at radius 2 is 1.90 bits per heavy atom. The highest BCUT2D eigenvalue weighted by atomic mass is 16.1. The van der Waals surface area contributed by atoms with E-state index < -0.39 is 0 Å². The lowest BCUT2D eigenvalue weighted by molar-refractivity contribution is -0.121. The van der Waals surface area contributed by atoms with E-state index in [1.165, 1.54) is 12.8 Å². The summed E-state index contributed by atoms with van der Waals surface area (Å²) in [5, 5.41) is 0. The molecule has 0 spiro atoms. The lowest BCUT2D eigenvalue weighted by Crippen LogP contribution is -2.14. The van der Waals surface area contributed by atoms with Crippen LogP contribution in [0.1, 0.15) is 19.8 Å². The van der Waals surface area contributed by atoms with E-state index in [4.69, 9.17) is 0 Å². The van der Waals surface area contributed by atoms with Gasteiger partial charge < -0.3 is 0 Å². The molecule has 1 nitrogen and oxygen atoms in total. The van der Waals surface area contributed by atoms with Crippen LogP contribution < -0.4 is 0 Å². The van der Waals surface area contributed by atoms with Crippen molar-refractivity contribution in [2.24, 2.45) is 29.6 Å². The molecule has 0 aromatic carbocycles. The van der Waals surface area contributed by atoms with Crippen LogP contribution in [0.25, 0.3) is 0 Å². The third-order valence-corrected chi connectivity index (χ3v) is 3.94. The van der Waals surface area contributed by atoms with Crippen LogP contribution in [0.2, 0.25) is 0 Å². The number of hydrogen-bond donors (Lipinski definition) is 0. The third-order valence-electron chi connectivity index (χ3n) is 3.94. The van der Waals surface area contributed by atoms with Gasteiger partial charge in [0.2, 0.25) is 0 Å². The highest BCUT2D eigenvalue weighted by Crippen LogP contribution is 2.73. The minimum absolute atomic E-state index is 0.470. The Bertz CT molecular complexity index is 195. The average Bonchev–Trinajstić information content (AvgIpc) is 2.38. The highest BCUT2D eigenvalue weighted by Gasteiger charge is 2.69. The van der Waals surface area contributed by atoms with Gasteiger partial charge in [0, 0.05) is 5.92 Å². The smallest absolute Gasteiger partial charge is 0.133 e. The molecule has 0 amide bonds. The van der Waals surface area contributed by atoms with Gasteiger partial charge in [0.25, 0.3) is 0 Å². The summed E-state index contributed by atoms with van der Waals surface area (Å²) in [6.45, 7) is 1.78. The summed E-state index contributed by atoms with van der Waals surface area (Å²) in [6.07, 6.45) is 2.78. The molecule has 0 radical (unpaired) electrons. The fraction of sp³-hybridized carbons (Fsp3) is 0.889. The Kier molecular flexibility index (Phi) is 0.704. The second-order valence-electron chi connectivity index (χ2n) is 4.27. The van der Waals surface area contributed by atoms with Crippen molar-refractivity contribution in [1.82, 2.24) is 0 Å². The van der Waals surface area contributed by atoms with Gasteiger partial charge in [-0.25, -0.2) is 0 Å². The van der Waals surface area contributed by atoms with Crippen LogP contribution in [0.3, 0.4) is 0 Å². The molecule has 1 heteroatoms. The predicted molar refractivity (Wildman–Crippen MR) is 37.4 cm³/mol. The predicted octanol–water partition coefficient (Wildman–Crippen LogP) is 1.48. The summed E-state index contributed by atoms with van der Waals surface area (Å²) >= 11 is 0. The second-order valence-corrected chi connectivity index (χ2v) is 4.27. The van der Waals surface area contributed by atoms with E-state index in [-0.39, 0.29) is 0 Å². The topological polar surface area (TPSA) is 17.1 Å². The van der Waals surface area contributed by atoms with E-state index in [2.05, 4.69) is 0 Å². The number of carbonyl (C=O) groups is 1. The van der Waals surface area contributed by atoms with Crippen LogP contribution >= 0.6 is 0 Å². The van der Waals surface area contributed by atoms with Crippen molar-refractivity contribution < 1.29 is 4.79 Å². The Morgan fingerprint density at radius 1 is 1.30 bits per heavy atom. The van der Waals surface area contributed by atoms with Crippen molar-refractivity contribution in [3.63, 3.8) is 0 Å². The third kappa shape index (κ3) is 0.388. The van der Waals surface area contributed by atoms with Crippen LogP contribution in [-0.2, 0) is 4.79 Å². The molecule has 4 unspecified atom stereocenters. The van der Waals surface area contributed by atoms with E-state index in [0.717, 1.165) is 23.7 Å². The molecule has 4 aliphatic carbocycles. The lowest BCUT2D eigenvalue weighted by Gasteiger charge is -2.08. The summed E-state index contributed by atoms with van der Waals surface area (Å²) < 4.78 is 0. The average molecular weight is 136 g/mol. The fourth-order valence-electron chi connectivity index (χ4n) is 3.68. The van der Waals surface area contributed by atoms with Gasteiger partial charge in [-0.2, -0.15) is 0 Å². The normalized spacial score (nSPS) is 61.1. The summed E-state index contributed by atoms with van der Waals surface area (Å²) in [5.74, 6) is 4.66. The molecule has 4 rings (SSSR count). The highest BCUT2D eigenvalue weighted by molar-refractivity contribution is 5.80. The molecule has 5 atom stereocenters. The molecule has 4 fully saturated rings. The first-order chi connectivity index (χ1) is 4.79. The Hall–Kier alpha value is -0.330. The molecule has 4 saturated carbocycles. The van der Waals surface area contributed by atoms with E-state index >= 15 is 0 Å². The van der Waals surface area contributed by atoms with Gasteiger partial charge in [-0.3, -0.25) is 4.79 Å². The molecule has 54 valence electrons. The molecular weight excluding hydrogens is 124 g/mol. The first-order valence-corrected chi connectivity index (χ1v) is 4.29. The summed E-state index contributed by atoms with van der Waals surface area (Å²) in [7, 11) is 0. The summed E-state index contributed by atoms with van der Waals surface area (Å²) in [5.41, 5.74) is 0. The molecule has 0 aromatic rings. The molecule has 4 aliphatic rings. The standard InChI is InChI=1S/C9H12O/c1-4(10)8-5-2-6-7(3-5)9(6)8/h5-9H,2-3H2,1H3/t5?,6-,7?,8?,9?/m0/s1. The number of rotatable bonds is 1. The van der Waals surface area contributed by atoms with Crippen LogP contribution in [0.5, 0.6) is 0 Å². The van der Waals surface area contributed by atoms with Crippen molar-refractivity contribution in [3.05, 3.63) is 0 Å². The quantitative estimate of drug-likeness (QED) is 0.533. The van der Waals surface area contributed by atoms with Crippen LogP contribution in [0, 0.1) is 29.6 Å². The van der Waals surface area contributed by atoms with E-state index in [1.807, 2.05) is 0 Å². The van der Waals surface area contributed by atoms with Gasteiger partial charge in [-0.1, -0.05) is 0 Å². The number of Topliss-reactive ketones (excluding diaryl/α,β-unsaturated/α-hetero) is 1. The van der Waals surface area contributed by atoms with Crippen molar-refractivity contribution in [1.29, 1.82) is 0 Å². The Morgan fingerprint density at radius 3 is 2.10 bits per heavy atom. The zero-order chi connectivity index (χ0) is 6.88. The van der Waals surface area contributed by atoms with E-state index in [1.54, 1.807) is 6.92 Å². The van der Waals surface area contributed by atoms with Crippen LogP contribution in [0.4, 0.5) is 0 Å². The second kappa shape index (κ2) is 1.32. The van der Waals surface area contributed by atoms with Gasteiger partial charge >= 0.3 is 0 Å². The summed E-state index contributed by atoms with van der Waals surface area (Å²) in [6, 6.07) is 0. The SMILES string of the molecule is CC(=O)C1C2CC3C1[C@H]3C2. The van der Waals surface area contributed by atoms with Crippen molar-refractivity contribution in [2.75, 3.05) is 0 Å². The van der Waals surface area contributed by atoms with Crippen molar-refractivity contribution in [3.8, 4) is 0 Å². The maximum Gasteiger partial charge on any atom is 0.133 e. The molecule has 0 heterocycles. The molecule has 0 saturated heterocycles. The first-order valence-electron chi connectivity index (χ1n) is 4.29. The molecular formula is C9H12O. The fourth-order valence-corrected chi connectivity index (χ4v) is 3.68. The van der Waals surface area contributed by atoms with Gasteiger partial charge in [0.15, 0.2) is 0 Å². The summed E-state index contributed by atoms with van der Waals surface area (Å²) in [4.78, 5) is 11.1. The molecule has 4 bridgehead atoms. The van der Waals surface area contributed by atoms with Crippen LogP contribution in [-0.4, -0.2) is 5.78 Å². The largest absolute Gasteiger partial charge is 0.300 e. The van der Waals surface area contributed by atoms with Gasteiger partial charge in [0.05, 0.1) is 0 Å². The first kappa shape index (κ1) is 5.34. The maximum atomic E-state index is 11.1. The van der Waals surface area contributed by atoms with Gasteiger partial charge in [0.1, 0.15) is 5.78 Å². The molecule has 0 aliphatic heterocycles. The minimum atomic E-state index is 0.470. The minimum Gasteiger partial charge on any atom is -0.300 e. The maximum absolute atomic E-state index is 11.1. The molecule has 0 N–H and O–H groups in total. The molecule has 0 aromatic heterocycles. The van der Waals surface area contributed by atoms with E-state index in [9.17, 15) is 4.79 Å². The van der Waals surface area contributed by atoms with Crippen molar-refractivity contribution in [2.45, 2.75) is 19.8 Å². The van der Waals surface area contributed by atoms with Gasteiger partial charge in [-0.15, -0.1) is 0 Å².